The minimum absolute atomic E-state index is 0.152. The van der Waals surface area contributed by atoms with Crippen molar-refractivity contribution in [3.63, 3.8) is 0 Å². The molecule has 0 saturated carbocycles. The summed E-state index contributed by atoms with van der Waals surface area (Å²) in [7, 11) is 0. The monoisotopic (exact) mass is 341 g/mol. The molecule has 0 bridgehead atoms. The van der Waals surface area contributed by atoms with Crippen molar-refractivity contribution in [2.75, 3.05) is 0 Å². The summed E-state index contributed by atoms with van der Waals surface area (Å²) in [6.45, 7) is -0.152. The molecule has 0 heterocycles. The average Bonchev–Trinajstić information content (AvgIpc) is 2.38. The van der Waals surface area contributed by atoms with Gasteiger partial charge in [0.2, 0.25) is 5.75 Å². The van der Waals surface area contributed by atoms with Gasteiger partial charge in [0.1, 0.15) is 11.6 Å². The van der Waals surface area contributed by atoms with Gasteiger partial charge in [-0.25, -0.2) is 4.39 Å². The number of hydrogen-bond acceptors (Lipinski definition) is 4. The molecule has 2 aromatic rings. The predicted octanol–water partition coefficient (Wildman–Crippen LogP) is 3.78. The predicted molar refractivity (Wildman–Crippen MR) is 73.2 cm³/mol. The first kappa shape index (κ1) is 14.4. The number of benzene rings is 2. The molecule has 0 aromatic heterocycles. The van der Waals surface area contributed by atoms with Crippen LogP contribution in [0.1, 0.15) is 5.56 Å². The Kier molecular flexibility index (Phi) is 4.31. The molecule has 0 radical (unpaired) electrons. The number of aliphatic hydroxyl groups excluding tert-OH is 1. The second-order valence-electron chi connectivity index (χ2n) is 3.88. The van der Waals surface area contributed by atoms with Crippen LogP contribution in [0, 0.1) is 15.9 Å². The van der Waals surface area contributed by atoms with Gasteiger partial charge in [-0.05, 0) is 23.8 Å². The van der Waals surface area contributed by atoms with Gasteiger partial charge in [0.05, 0.1) is 11.5 Å². The average molecular weight is 342 g/mol. The zero-order chi connectivity index (χ0) is 14.7. The van der Waals surface area contributed by atoms with Gasteiger partial charge in [-0.3, -0.25) is 10.1 Å². The lowest BCUT2D eigenvalue weighted by molar-refractivity contribution is -0.385. The Morgan fingerprint density at radius 1 is 1.30 bits per heavy atom. The second-order valence-corrected chi connectivity index (χ2v) is 4.74. The van der Waals surface area contributed by atoms with Crippen molar-refractivity contribution in [1.29, 1.82) is 0 Å². The summed E-state index contributed by atoms with van der Waals surface area (Å²) in [5.74, 6) is -0.516. The van der Waals surface area contributed by atoms with Crippen molar-refractivity contribution >= 4 is 21.6 Å². The van der Waals surface area contributed by atoms with Crippen LogP contribution in [-0.2, 0) is 6.61 Å². The molecule has 20 heavy (non-hydrogen) atoms. The van der Waals surface area contributed by atoms with Crippen molar-refractivity contribution in [1.82, 2.24) is 0 Å². The van der Waals surface area contributed by atoms with E-state index in [-0.39, 0.29) is 18.0 Å². The molecule has 2 aromatic carbocycles. The van der Waals surface area contributed by atoms with Crippen molar-refractivity contribution in [2.24, 2.45) is 0 Å². The highest BCUT2D eigenvalue weighted by atomic mass is 79.9. The van der Waals surface area contributed by atoms with Crippen molar-refractivity contribution in [3.8, 4) is 11.5 Å². The Morgan fingerprint density at radius 2 is 2.05 bits per heavy atom. The third-order valence-corrected chi connectivity index (χ3v) is 3.28. The topological polar surface area (TPSA) is 72.6 Å². The molecule has 0 atom stereocenters. The molecule has 0 aliphatic carbocycles. The number of hydrogen-bond donors (Lipinski definition) is 1. The van der Waals surface area contributed by atoms with E-state index >= 15 is 0 Å². The summed E-state index contributed by atoms with van der Waals surface area (Å²) in [4.78, 5) is 10.2. The normalized spacial score (nSPS) is 10.3. The van der Waals surface area contributed by atoms with Gasteiger partial charge >= 0.3 is 5.69 Å². The Balaban J connectivity index is 2.36. The van der Waals surface area contributed by atoms with Gasteiger partial charge in [-0.15, -0.1) is 0 Å². The van der Waals surface area contributed by atoms with Crippen molar-refractivity contribution < 1.29 is 19.2 Å². The van der Waals surface area contributed by atoms with E-state index in [1.54, 1.807) is 12.1 Å². The van der Waals surface area contributed by atoms with Crippen LogP contribution in [0.15, 0.2) is 40.9 Å². The fourth-order valence-electron chi connectivity index (χ4n) is 1.57. The first-order chi connectivity index (χ1) is 9.51. The van der Waals surface area contributed by atoms with Gasteiger partial charge in [0.25, 0.3) is 0 Å². The van der Waals surface area contributed by atoms with Gasteiger partial charge < -0.3 is 9.84 Å². The van der Waals surface area contributed by atoms with Gasteiger partial charge in [0, 0.05) is 16.6 Å². The summed E-state index contributed by atoms with van der Waals surface area (Å²) in [5.41, 5.74) is 0.319. The highest BCUT2D eigenvalue weighted by molar-refractivity contribution is 9.10. The maximum Gasteiger partial charge on any atom is 0.311 e. The van der Waals surface area contributed by atoms with Gasteiger partial charge in [-0.1, -0.05) is 22.0 Å². The molecule has 0 unspecified atom stereocenters. The van der Waals surface area contributed by atoms with E-state index in [9.17, 15) is 14.5 Å². The molecule has 0 fully saturated rings. The third kappa shape index (κ3) is 3.12. The first-order valence-corrected chi connectivity index (χ1v) is 6.31. The first-order valence-electron chi connectivity index (χ1n) is 5.52. The molecule has 104 valence electrons. The number of nitrogens with zero attached hydrogens (tertiary/aromatic N) is 1. The lowest BCUT2D eigenvalue weighted by Gasteiger charge is -2.08. The smallest absolute Gasteiger partial charge is 0.311 e. The number of ether oxygens (including phenoxy) is 1. The fourth-order valence-corrected chi connectivity index (χ4v) is 2.05. The number of rotatable bonds is 4. The second kappa shape index (κ2) is 5.98. The van der Waals surface area contributed by atoms with Crippen LogP contribution >= 0.6 is 15.9 Å². The Labute approximate surface area is 121 Å². The summed E-state index contributed by atoms with van der Waals surface area (Å²) in [6, 6.07) is 7.67. The molecule has 0 aliphatic heterocycles. The minimum Gasteiger partial charge on any atom is -0.450 e. The maximum atomic E-state index is 13.2. The number of nitro groups is 1. The highest BCUT2D eigenvalue weighted by Crippen LogP contribution is 2.33. The van der Waals surface area contributed by atoms with E-state index in [0.29, 0.717) is 15.8 Å². The summed E-state index contributed by atoms with van der Waals surface area (Å²) in [5, 5.41) is 19.9. The number of halogens is 2. The van der Waals surface area contributed by atoms with Crippen LogP contribution in [0.25, 0.3) is 0 Å². The lowest BCUT2D eigenvalue weighted by Crippen LogP contribution is -1.95. The highest BCUT2D eigenvalue weighted by Gasteiger charge is 2.17. The fraction of sp³-hybridized carbons (Fsp3) is 0.0769. The van der Waals surface area contributed by atoms with E-state index in [0.717, 1.165) is 18.2 Å². The van der Waals surface area contributed by atoms with Crippen LogP contribution in [0.4, 0.5) is 10.1 Å². The van der Waals surface area contributed by atoms with E-state index in [1.807, 2.05) is 0 Å². The Bertz CT molecular complexity index is 663. The van der Waals surface area contributed by atoms with Crippen LogP contribution in [0.5, 0.6) is 11.5 Å². The molecule has 0 saturated heterocycles. The molecule has 0 amide bonds. The van der Waals surface area contributed by atoms with E-state index in [1.165, 1.54) is 6.07 Å². The quantitative estimate of drug-likeness (QED) is 0.678. The van der Waals surface area contributed by atoms with Crippen LogP contribution in [-0.4, -0.2) is 10.0 Å². The number of nitro benzene ring substituents is 1. The van der Waals surface area contributed by atoms with Gasteiger partial charge in [-0.2, -0.15) is 0 Å². The number of aliphatic hydroxyl groups is 1. The van der Waals surface area contributed by atoms with E-state index < -0.39 is 10.7 Å². The summed E-state index contributed by atoms with van der Waals surface area (Å²) < 4.78 is 19.1. The van der Waals surface area contributed by atoms with Crippen LogP contribution in [0.2, 0.25) is 0 Å². The molecule has 7 heteroatoms. The summed E-state index contributed by atoms with van der Waals surface area (Å²) in [6.07, 6.45) is 0. The van der Waals surface area contributed by atoms with Crippen molar-refractivity contribution in [3.05, 3.63) is 62.4 Å². The minimum atomic E-state index is -0.647. The largest absolute Gasteiger partial charge is 0.450 e. The molecular weight excluding hydrogens is 333 g/mol. The SMILES string of the molecule is O=[N+]([O-])c1ccc(F)cc1Oc1ccc(CO)c(Br)c1. The van der Waals surface area contributed by atoms with Gasteiger partial charge in [0.15, 0.2) is 0 Å². The van der Waals surface area contributed by atoms with Crippen molar-refractivity contribution in [2.45, 2.75) is 6.61 Å². The zero-order valence-corrected chi connectivity index (χ0v) is 11.6. The molecule has 2 rings (SSSR count). The third-order valence-electron chi connectivity index (χ3n) is 2.54. The Hall–Kier alpha value is -1.99. The molecule has 5 nitrogen and oxygen atoms in total. The van der Waals surface area contributed by atoms with Crippen LogP contribution < -0.4 is 4.74 Å². The Morgan fingerprint density at radius 3 is 2.65 bits per heavy atom. The van der Waals surface area contributed by atoms with E-state index in [4.69, 9.17) is 9.84 Å². The van der Waals surface area contributed by atoms with E-state index in [2.05, 4.69) is 15.9 Å². The lowest BCUT2D eigenvalue weighted by atomic mass is 10.2. The molecule has 1 N–H and O–H groups in total. The molecular formula is C13H9BrFNO4. The summed E-state index contributed by atoms with van der Waals surface area (Å²) >= 11 is 3.23. The molecule has 0 spiro atoms. The maximum absolute atomic E-state index is 13.2. The molecule has 0 aliphatic rings. The van der Waals surface area contributed by atoms with Crippen LogP contribution in [0.3, 0.4) is 0 Å². The standard InChI is InChI=1S/C13H9BrFNO4/c14-11-6-10(3-1-8(11)7-17)20-13-5-9(15)2-4-12(13)16(18)19/h1-6,17H,7H2. The zero-order valence-electron chi connectivity index (χ0n) is 10.0.